The Balaban J connectivity index is 2.11. The van der Waals surface area contributed by atoms with Crippen LogP contribution in [0.3, 0.4) is 0 Å². The van der Waals surface area contributed by atoms with Crippen LogP contribution in [-0.2, 0) is 11.2 Å². The lowest BCUT2D eigenvalue weighted by molar-refractivity contribution is -0.130. The number of likely N-dealkylation sites (N-methyl/N-ethyl adjacent to an activating group) is 1. The van der Waals surface area contributed by atoms with Crippen LogP contribution in [0, 0.1) is 6.92 Å². The van der Waals surface area contributed by atoms with Crippen LogP contribution >= 0.6 is 11.8 Å². The van der Waals surface area contributed by atoms with Crippen LogP contribution < -0.4 is 0 Å². The van der Waals surface area contributed by atoms with Crippen molar-refractivity contribution >= 4 is 17.7 Å². The van der Waals surface area contributed by atoms with Gasteiger partial charge in [0.2, 0.25) is 11.8 Å². The number of nitrogens with zero attached hydrogens (tertiary/aromatic N) is 2. The first-order valence-electron chi connectivity index (χ1n) is 7.29. The minimum Gasteiger partial charge on any atom is -0.441 e. The van der Waals surface area contributed by atoms with Gasteiger partial charge in [-0.2, -0.15) is 11.8 Å². The molecule has 0 unspecified atom stereocenters. The zero-order valence-corrected chi connectivity index (χ0v) is 14.3. The maximum absolute atomic E-state index is 12.4. The number of carbonyl (C=O) groups is 1. The van der Waals surface area contributed by atoms with Crippen molar-refractivity contribution in [1.29, 1.82) is 0 Å². The molecule has 118 valence electrons. The molecule has 0 bridgehead atoms. The normalized spacial score (nSPS) is 12.2. The summed E-state index contributed by atoms with van der Waals surface area (Å²) in [6, 6.07) is 9.94. The largest absolute Gasteiger partial charge is 0.441 e. The van der Waals surface area contributed by atoms with E-state index in [1.165, 1.54) is 0 Å². The third-order valence-corrected chi connectivity index (χ3v) is 4.51. The van der Waals surface area contributed by atoms with Gasteiger partial charge in [0, 0.05) is 24.4 Å². The van der Waals surface area contributed by atoms with Gasteiger partial charge in [0.1, 0.15) is 5.76 Å². The van der Waals surface area contributed by atoms with E-state index < -0.39 is 0 Å². The van der Waals surface area contributed by atoms with Crippen LogP contribution in [0.5, 0.6) is 0 Å². The minimum atomic E-state index is 0.0672. The fourth-order valence-corrected chi connectivity index (χ4v) is 2.87. The highest BCUT2D eigenvalue weighted by atomic mass is 32.2. The molecule has 0 saturated heterocycles. The van der Waals surface area contributed by atoms with E-state index in [4.69, 9.17) is 4.42 Å². The first-order valence-corrected chi connectivity index (χ1v) is 8.68. The maximum Gasteiger partial charge on any atom is 0.228 e. The van der Waals surface area contributed by atoms with Gasteiger partial charge >= 0.3 is 0 Å². The number of aryl methyl sites for hydroxylation is 1. The summed E-state index contributed by atoms with van der Waals surface area (Å²) in [5, 5.41) is 0. The smallest absolute Gasteiger partial charge is 0.228 e. The molecule has 0 aliphatic carbocycles. The summed E-state index contributed by atoms with van der Waals surface area (Å²) in [7, 11) is 1.84. The Morgan fingerprint density at radius 1 is 1.36 bits per heavy atom. The molecule has 22 heavy (non-hydrogen) atoms. The van der Waals surface area contributed by atoms with Crippen LogP contribution in [0.1, 0.15) is 18.4 Å². The summed E-state index contributed by atoms with van der Waals surface area (Å²) in [6.45, 7) is 3.91. The lowest BCUT2D eigenvalue weighted by Gasteiger charge is -2.24. The molecule has 2 aromatic rings. The van der Waals surface area contributed by atoms with Crippen LogP contribution in [0.4, 0.5) is 0 Å². The number of oxazole rings is 1. The third-order valence-electron chi connectivity index (χ3n) is 3.69. The average Bonchev–Trinajstić information content (AvgIpc) is 2.88. The Bertz CT molecular complexity index is 625. The highest BCUT2D eigenvalue weighted by Crippen LogP contribution is 2.22. The predicted molar refractivity (Wildman–Crippen MR) is 91.0 cm³/mol. The lowest BCUT2D eigenvalue weighted by atomic mass is 10.2. The van der Waals surface area contributed by atoms with Crippen molar-refractivity contribution in [2.24, 2.45) is 0 Å². The fraction of sp³-hybridized carbons (Fsp3) is 0.412. The highest BCUT2D eigenvalue weighted by molar-refractivity contribution is 7.98. The quantitative estimate of drug-likeness (QED) is 0.819. The molecular weight excluding hydrogens is 296 g/mol. The topological polar surface area (TPSA) is 46.3 Å². The molecule has 0 aliphatic heterocycles. The molecule has 1 atom stereocenters. The van der Waals surface area contributed by atoms with Crippen LogP contribution in [0.2, 0.25) is 0 Å². The monoisotopic (exact) mass is 318 g/mol. The van der Waals surface area contributed by atoms with Gasteiger partial charge in [0.25, 0.3) is 0 Å². The van der Waals surface area contributed by atoms with E-state index in [1.807, 2.05) is 50.6 Å². The van der Waals surface area contributed by atoms with Gasteiger partial charge in [0.05, 0.1) is 12.1 Å². The summed E-state index contributed by atoms with van der Waals surface area (Å²) in [6.07, 6.45) is 2.32. The van der Waals surface area contributed by atoms with Crippen LogP contribution in [0.15, 0.2) is 34.7 Å². The molecule has 5 heteroatoms. The first-order chi connectivity index (χ1) is 10.5. The lowest BCUT2D eigenvalue weighted by Crippen LogP contribution is -2.37. The summed E-state index contributed by atoms with van der Waals surface area (Å²) < 4.78 is 5.70. The van der Waals surface area contributed by atoms with Crippen molar-refractivity contribution < 1.29 is 9.21 Å². The second-order valence-electron chi connectivity index (χ2n) is 5.37. The van der Waals surface area contributed by atoms with Gasteiger partial charge < -0.3 is 9.32 Å². The van der Waals surface area contributed by atoms with Gasteiger partial charge in [-0.1, -0.05) is 18.2 Å². The molecule has 0 spiro atoms. The van der Waals surface area contributed by atoms with E-state index in [-0.39, 0.29) is 18.4 Å². The number of carbonyl (C=O) groups excluding carboxylic acids is 1. The van der Waals surface area contributed by atoms with Gasteiger partial charge in [0.15, 0.2) is 0 Å². The molecule has 0 N–H and O–H groups in total. The highest BCUT2D eigenvalue weighted by Gasteiger charge is 2.19. The van der Waals surface area contributed by atoms with Gasteiger partial charge in [-0.25, -0.2) is 4.98 Å². The summed E-state index contributed by atoms with van der Waals surface area (Å²) in [5.74, 6) is 2.27. The zero-order chi connectivity index (χ0) is 16.1. The standard InChI is InChI=1S/C17H22N2O2S/c1-12(11-22-4)19(3)16(20)10-15-13(2)21-17(18-15)14-8-6-5-7-9-14/h5-9,12H,10-11H2,1-4H3/t12-/m1/s1. The number of hydrogen-bond donors (Lipinski definition) is 0. The Hall–Kier alpha value is -1.75. The van der Waals surface area contributed by atoms with Gasteiger partial charge in [-0.15, -0.1) is 0 Å². The van der Waals surface area contributed by atoms with Crippen molar-refractivity contribution in [3.63, 3.8) is 0 Å². The second-order valence-corrected chi connectivity index (χ2v) is 6.28. The Morgan fingerprint density at radius 2 is 2.05 bits per heavy atom. The zero-order valence-electron chi connectivity index (χ0n) is 13.5. The molecular formula is C17H22N2O2S. The third kappa shape index (κ3) is 3.91. The number of hydrogen-bond acceptors (Lipinski definition) is 4. The van der Waals surface area contributed by atoms with Gasteiger partial charge in [-0.05, 0) is 32.2 Å². The molecule has 1 aromatic carbocycles. The number of rotatable bonds is 6. The molecule has 0 radical (unpaired) electrons. The number of aromatic nitrogens is 1. The van der Waals surface area contributed by atoms with Crippen molar-refractivity contribution in [3.8, 4) is 11.5 Å². The maximum atomic E-state index is 12.4. The first kappa shape index (κ1) is 16.6. The molecule has 1 heterocycles. The molecule has 4 nitrogen and oxygen atoms in total. The van der Waals surface area contributed by atoms with Crippen molar-refractivity contribution in [2.45, 2.75) is 26.3 Å². The van der Waals surface area contributed by atoms with Crippen LogP contribution in [0.25, 0.3) is 11.5 Å². The molecule has 0 fully saturated rings. The molecule has 1 amide bonds. The number of benzene rings is 1. The summed E-state index contributed by atoms with van der Waals surface area (Å²) >= 11 is 1.74. The molecule has 1 aromatic heterocycles. The Kier molecular flexibility index (Phi) is 5.66. The second kappa shape index (κ2) is 7.49. The minimum absolute atomic E-state index is 0.0672. The summed E-state index contributed by atoms with van der Waals surface area (Å²) in [4.78, 5) is 18.6. The van der Waals surface area contributed by atoms with E-state index in [2.05, 4.69) is 11.9 Å². The summed E-state index contributed by atoms with van der Waals surface area (Å²) in [5.41, 5.74) is 1.64. The van der Waals surface area contributed by atoms with E-state index in [0.717, 1.165) is 11.3 Å². The van der Waals surface area contributed by atoms with E-state index >= 15 is 0 Å². The van der Waals surface area contributed by atoms with Crippen LogP contribution in [-0.4, -0.2) is 40.9 Å². The SMILES string of the molecule is CSC[C@@H](C)N(C)C(=O)Cc1nc(-c2ccccc2)oc1C. The van der Waals surface area contributed by atoms with E-state index in [0.29, 0.717) is 17.3 Å². The van der Waals surface area contributed by atoms with Crippen molar-refractivity contribution in [1.82, 2.24) is 9.88 Å². The van der Waals surface area contributed by atoms with E-state index in [9.17, 15) is 4.79 Å². The molecule has 0 aliphatic rings. The molecule has 2 rings (SSSR count). The number of amides is 1. The predicted octanol–water partition coefficient (Wildman–Crippen LogP) is 3.40. The Morgan fingerprint density at radius 3 is 2.68 bits per heavy atom. The van der Waals surface area contributed by atoms with E-state index in [1.54, 1.807) is 16.7 Å². The van der Waals surface area contributed by atoms with Gasteiger partial charge in [-0.3, -0.25) is 4.79 Å². The number of thioether (sulfide) groups is 1. The van der Waals surface area contributed by atoms with Crippen molar-refractivity contribution in [2.75, 3.05) is 19.1 Å². The Labute approximate surface area is 135 Å². The fourth-order valence-electron chi connectivity index (χ4n) is 2.16. The average molecular weight is 318 g/mol. The molecule has 0 saturated carbocycles. The van der Waals surface area contributed by atoms with Crippen molar-refractivity contribution in [3.05, 3.63) is 41.8 Å².